The highest BCUT2D eigenvalue weighted by atomic mass is 31.2. The van der Waals surface area contributed by atoms with Crippen LogP contribution in [0.3, 0.4) is 0 Å². The first-order valence-corrected chi connectivity index (χ1v) is 5.42. The van der Waals surface area contributed by atoms with E-state index in [0.29, 0.717) is 0 Å². The smallest absolute Gasteiger partial charge is 0.277 e. The Bertz CT molecular complexity index is 246. The summed E-state index contributed by atoms with van der Waals surface area (Å²) in [4.78, 5) is 1.12. The second kappa shape index (κ2) is 3.11. The van der Waals surface area contributed by atoms with E-state index in [4.69, 9.17) is 0 Å². The molecule has 1 nitrogen and oxygen atoms in total. The normalized spacial score (nSPS) is 28.3. The van der Waals surface area contributed by atoms with Gasteiger partial charge >= 0.3 is 11.3 Å². The van der Waals surface area contributed by atoms with Gasteiger partial charge in [0, 0.05) is 8.20 Å². The van der Waals surface area contributed by atoms with E-state index in [9.17, 15) is 22.0 Å². The zero-order chi connectivity index (χ0) is 10.4. The summed E-state index contributed by atoms with van der Waals surface area (Å²) in [5.41, 5.74) is 0. The molecule has 0 aromatic rings. The van der Waals surface area contributed by atoms with Crippen molar-refractivity contribution in [2.24, 2.45) is 0 Å². The molecule has 8 heteroatoms. The lowest BCUT2D eigenvalue weighted by atomic mass is 11.0. The van der Waals surface area contributed by atoms with Crippen molar-refractivity contribution in [2.45, 2.75) is 11.3 Å². The SMILES string of the molecule is CN(C)C1=PC(F)(F)P1C(F)(F)F. The van der Waals surface area contributed by atoms with Crippen LogP contribution in [-0.4, -0.2) is 35.5 Å². The molecule has 0 saturated carbocycles. The van der Waals surface area contributed by atoms with Crippen molar-refractivity contribution in [3.8, 4) is 0 Å². The highest BCUT2D eigenvalue weighted by Crippen LogP contribution is 2.77. The van der Waals surface area contributed by atoms with Gasteiger partial charge in [-0.2, -0.15) is 22.0 Å². The average Bonchev–Trinajstić information content (AvgIpc) is 1.78. The number of alkyl halides is 5. The lowest BCUT2D eigenvalue weighted by Gasteiger charge is -2.38. The minimum absolute atomic E-state index is 0.215. The number of rotatable bonds is 1. The lowest BCUT2D eigenvalue weighted by Crippen LogP contribution is -2.36. The van der Waals surface area contributed by atoms with Crippen molar-refractivity contribution in [1.29, 1.82) is 0 Å². The molecule has 13 heavy (non-hydrogen) atoms. The van der Waals surface area contributed by atoms with Crippen LogP contribution >= 0.6 is 16.1 Å². The molecular formula is C5H6F5NP2. The van der Waals surface area contributed by atoms with Gasteiger partial charge in [-0.1, -0.05) is 0 Å². The number of halogens is 5. The highest BCUT2D eigenvalue weighted by molar-refractivity contribution is 7.99. The minimum atomic E-state index is -4.79. The molecule has 0 aromatic carbocycles. The molecule has 1 aliphatic heterocycles. The summed E-state index contributed by atoms with van der Waals surface area (Å²) in [6.07, 6.45) is 0. The van der Waals surface area contributed by atoms with Gasteiger partial charge in [0.15, 0.2) is 0 Å². The van der Waals surface area contributed by atoms with Crippen LogP contribution in [0.2, 0.25) is 0 Å². The van der Waals surface area contributed by atoms with Gasteiger partial charge in [0.1, 0.15) is 7.92 Å². The molecule has 1 heterocycles. The first-order valence-electron chi connectivity index (χ1n) is 3.18. The molecule has 1 rings (SSSR count). The molecule has 0 N–H and O–H groups in total. The van der Waals surface area contributed by atoms with Gasteiger partial charge in [-0.05, 0) is 14.1 Å². The van der Waals surface area contributed by atoms with E-state index in [1.54, 1.807) is 0 Å². The highest BCUT2D eigenvalue weighted by Gasteiger charge is 2.64. The Morgan fingerprint density at radius 1 is 1.31 bits per heavy atom. The van der Waals surface area contributed by atoms with Crippen LogP contribution < -0.4 is 0 Å². The van der Waals surface area contributed by atoms with Gasteiger partial charge in [-0.15, -0.1) is 0 Å². The van der Waals surface area contributed by atoms with Crippen molar-refractivity contribution in [1.82, 2.24) is 4.90 Å². The molecule has 0 saturated heterocycles. The molecule has 76 valence electrons. The zero-order valence-electron chi connectivity index (χ0n) is 6.73. The van der Waals surface area contributed by atoms with E-state index in [-0.39, 0.29) is 5.16 Å². The van der Waals surface area contributed by atoms with Crippen molar-refractivity contribution >= 4 is 21.3 Å². The second-order valence-electron chi connectivity index (χ2n) is 2.62. The van der Waals surface area contributed by atoms with E-state index < -0.39 is 27.4 Å². The largest absolute Gasteiger partial charge is 0.417 e. The first-order chi connectivity index (χ1) is 5.66. The Kier molecular flexibility index (Phi) is 2.70. The Hall–Kier alpha value is 0.210. The Morgan fingerprint density at radius 3 is 1.92 bits per heavy atom. The fourth-order valence-electron chi connectivity index (χ4n) is 0.862. The molecule has 0 aromatic heterocycles. The zero-order valence-corrected chi connectivity index (χ0v) is 8.52. The van der Waals surface area contributed by atoms with E-state index in [2.05, 4.69) is 0 Å². The fourth-order valence-corrected chi connectivity index (χ4v) is 4.59. The van der Waals surface area contributed by atoms with E-state index in [0.717, 1.165) is 4.90 Å². The van der Waals surface area contributed by atoms with Crippen LogP contribution in [-0.2, 0) is 0 Å². The topological polar surface area (TPSA) is 3.24 Å². The molecule has 1 unspecified atom stereocenters. The van der Waals surface area contributed by atoms with Crippen LogP contribution in [0.5, 0.6) is 0 Å². The maximum atomic E-state index is 12.6. The number of hydrogen-bond acceptors (Lipinski definition) is 1. The van der Waals surface area contributed by atoms with Crippen LogP contribution in [0, 0.1) is 0 Å². The third-order valence-electron chi connectivity index (χ3n) is 1.36. The summed E-state index contributed by atoms with van der Waals surface area (Å²) in [5, 5.41) is -3.81. The molecule has 1 aliphatic rings. The number of hydrogen-bond donors (Lipinski definition) is 0. The van der Waals surface area contributed by atoms with Crippen molar-refractivity contribution in [3.63, 3.8) is 0 Å². The summed E-state index contributed by atoms with van der Waals surface area (Å²) >= 11 is 0. The summed E-state index contributed by atoms with van der Waals surface area (Å²) < 4.78 is 61.4. The van der Waals surface area contributed by atoms with E-state index in [1.165, 1.54) is 14.1 Å². The standard InChI is InChI=1S/C5H6F5NP2/c1-11(2)3-12-5(9,10)13(3)4(6,7)8/h1-2H3. The third kappa shape index (κ3) is 2.00. The van der Waals surface area contributed by atoms with Crippen LogP contribution in [0.4, 0.5) is 22.0 Å². The molecule has 0 aliphatic carbocycles. The van der Waals surface area contributed by atoms with E-state index >= 15 is 0 Å². The molecule has 0 amide bonds. The Morgan fingerprint density at radius 2 is 1.77 bits per heavy atom. The quantitative estimate of drug-likeness (QED) is 0.500. The van der Waals surface area contributed by atoms with Gasteiger partial charge in [-0.25, -0.2) is 0 Å². The summed E-state index contributed by atoms with van der Waals surface area (Å²) in [6, 6.07) is 0. The monoisotopic (exact) mass is 237 g/mol. The van der Waals surface area contributed by atoms with Crippen molar-refractivity contribution in [3.05, 3.63) is 0 Å². The van der Waals surface area contributed by atoms with Crippen LogP contribution in [0.15, 0.2) is 0 Å². The van der Waals surface area contributed by atoms with Crippen LogP contribution in [0.1, 0.15) is 0 Å². The summed E-state index contributed by atoms with van der Waals surface area (Å²) in [6.45, 7) is 0. The van der Waals surface area contributed by atoms with Crippen LogP contribution in [0.25, 0.3) is 0 Å². The van der Waals surface area contributed by atoms with E-state index in [1.807, 2.05) is 0 Å². The fraction of sp³-hybridized carbons (Fsp3) is 0.800. The summed E-state index contributed by atoms with van der Waals surface area (Å²) in [5.74, 6) is -4.79. The average molecular weight is 237 g/mol. The Labute approximate surface area is 74.5 Å². The molecule has 0 spiro atoms. The first kappa shape index (κ1) is 11.3. The number of nitrogens with zero attached hydrogens (tertiary/aromatic N) is 1. The summed E-state index contributed by atoms with van der Waals surface area (Å²) in [7, 11) is -1.10. The maximum absolute atomic E-state index is 12.6. The predicted octanol–water partition coefficient (Wildman–Crippen LogP) is 3.15. The van der Waals surface area contributed by atoms with Gasteiger partial charge in [-0.3, -0.25) is 4.90 Å². The molecule has 0 radical (unpaired) electrons. The Balaban J connectivity index is 2.93. The second-order valence-corrected chi connectivity index (χ2v) is 6.70. The molecule has 0 fully saturated rings. The van der Waals surface area contributed by atoms with Gasteiger partial charge < -0.3 is 0 Å². The van der Waals surface area contributed by atoms with Gasteiger partial charge in [0.2, 0.25) is 0 Å². The maximum Gasteiger partial charge on any atom is 0.417 e. The molecular weight excluding hydrogens is 231 g/mol. The predicted molar refractivity (Wildman–Crippen MR) is 43.5 cm³/mol. The lowest BCUT2D eigenvalue weighted by molar-refractivity contribution is -0.0450. The third-order valence-corrected chi connectivity index (χ3v) is 5.87. The minimum Gasteiger partial charge on any atom is -0.277 e. The molecule has 1 atom stereocenters. The van der Waals surface area contributed by atoms with Crippen molar-refractivity contribution < 1.29 is 22.0 Å². The van der Waals surface area contributed by atoms with Crippen molar-refractivity contribution in [2.75, 3.05) is 14.1 Å². The van der Waals surface area contributed by atoms with Gasteiger partial charge in [0.05, 0.1) is 5.16 Å². The van der Waals surface area contributed by atoms with Gasteiger partial charge in [0.25, 0.3) is 0 Å². The molecule has 0 bridgehead atoms.